The van der Waals surface area contributed by atoms with E-state index in [9.17, 15) is 14.4 Å². The summed E-state index contributed by atoms with van der Waals surface area (Å²) in [5, 5.41) is 4.58. The molecule has 2 aliphatic heterocycles. The van der Waals surface area contributed by atoms with Crippen LogP contribution < -0.4 is 0 Å². The highest BCUT2D eigenvalue weighted by Crippen LogP contribution is 2.27. The molecule has 0 radical (unpaired) electrons. The number of hydrogen-bond acceptors (Lipinski definition) is 5. The molecule has 1 aromatic heterocycles. The van der Waals surface area contributed by atoms with Crippen molar-refractivity contribution in [1.82, 2.24) is 19.6 Å². The zero-order chi connectivity index (χ0) is 19.2. The SMILES string of the molecule is CC(=O)C1CN(C)C(=O)c2c3c(nn2C1)CCN(C(=O)OC(C)(C)C)C3. The molecule has 0 N–H and O–H groups in total. The van der Waals surface area contributed by atoms with Crippen LogP contribution in [0.2, 0.25) is 0 Å². The molecular formula is C18H26N4O4. The second-order valence-electron chi connectivity index (χ2n) is 8.10. The van der Waals surface area contributed by atoms with Crippen LogP contribution in [0.3, 0.4) is 0 Å². The quantitative estimate of drug-likeness (QED) is 0.755. The van der Waals surface area contributed by atoms with E-state index in [0.29, 0.717) is 38.3 Å². The number of ketones is 1. The van der Waals surface area contributed by atoms with Crippen LogP contribution in [0.5, 0.6) is 0 Å². The maximum absolute atomic E-state index is 12.9. The van der Waals surface area contributed by atoms with Gasteiger partial charge in [0, 0.05) is 32.1 Å². The van der Waals surface area contributed by atoms with E-state index in [0.717, 1.165) is 11.3 Å². The Bertz CT molecular complexity index is 762. The summed E-state index contributed by atoms with van der Waals surface area (Å²) < 4.78 is 7.11. The zero-order valence-corrected chi connectivity index (χ0v) is 16.0. The van der Waals surface area contributed by atoms with Crippen molar-refractivity contribution in [1.29, 1.82) is 0 Å². The van der Waals surface area contributed by atoms with Crippen LogP contribution in [0.4, 0.5) is 4.79 Å². The number of ether oxygens (including phenoxy) is 1. The molecule has 0 bridgehead atoms. The van der Waals surface area contributed by atoms with E-state index in [2.05, 4.69) is 5.10 Å². The summed E-state index contributed by atoms with van der Waals surface area (Å²) >= 11 is 0. The number of carbonyl (C=O) groups is 3. The van der Waals surface area contributed by atoms with Crippen molar-refractivity contribution in [2.45, 2.75) is 52.8 Å². The van der Waals surface area contributed by atoms with Gasteiger partial charge in [0.15, 0.2) is 0 Å². The number of carbonyl (C=O) groups excluding carboxylic acids is 3. The molecule has 0 fully saturated rings. The van der Waals surface area contributed by atoms with Crippen molar-refractivity contribution in [3.8, 4) is 0 Å². The van der Waals surface area contributed by atoms with Crippen molar-refractivity contribution in [2.75, 3.05) is 20.1 Å². The third-order valence-electron chi connectivity index (χ3n) is 4.76. The van der Waals surface area contributed by atoms with Crippen molar-refractivity contribution < 1.29 is 19.1 Å². The molecule has 8 heteroatoms. The lowest BCUT2D eigenvalue weighted by Crippen LogP contribution is -2.40. The third-order valence-corrected chi connectivity index (χ3v) is 4.76. The summed E-state index contributed by atoms with van der Waals surface area (Å²) in [6, 6.07) is 0. The van der Waals surface area contributed by atoms with Gasteiger partial charge < -0.3 is 14.5 Å². The summed E-state index contributed by atoms with van der Waals surface area (Å²) in [5.41, 5.74) is 1.51. The third kappa shape index (κ3) is 3.45. The van der Waals surface area contributed by atoms with Gasteiger partial charge >= 0.3 is 6.09 Å². The van der Waals surface area contributed by atoms with E-state index >= 15 is 0 Å². The number of hydrogen-bond donors (Lipinski definition) is 0. The Kier molecular flexibility index (Phi) is 4.54. The van der Waals surface area contributed by atoms with Gasteiger partial charge in [-0.05, 0) is 27.7 Å². The fourth-order valence-electron chi connectivity index (χ4n) is 3.40. The molecule has 0 saturated heterocycles. The number of Topliss-reactive ketones (excluding diaryl/α,β-unsaturated/α-hetero) is 1. The molecule has 1 atom stereocenters. The summed E-state index contributed by atoms with van der Waals surface area (Å²) in [5.74, 6) is -0.386. The van der Waals surface area contributed by atoms with Crippen molar-refractivity contribution >= 4 is 17.8 Å². The average molecular weight is 362 g/mol. The Morgan fingerprint density at radius 2 is 1.92 bits per heavy atom. The molecule has 8 nitrogen and oxygen atoms in total. The van der Waals surface area contributed by atoms with Gasteiger partial charge in [-0.25, -0.2) is 4.79 Å². The summed E-state index contributed by atoms with van der Waals surface area (Å²) in [6.07, 6.45) is 0.176. The Morgan fingerprint density at radius 1 is 1.23 bits per heavy atom. The van der Waals surface area contributed by atoms with Gasteiger partial charge in [0.25, 0.3) is 5.91 Å². The molecule has 2 amide bonds. The van der Waals surface area contributed by atoms with E-state index in [1.165, 1.54) is 0 Å². The second-order valence-corrected chi connectivity index (χ2v) is 8.10. The summed E-state index contributed by atoms with van der Waals surface area (Å²) in [4.78, 5) is 40.3. The minimum absolute atomic E-state index is 0.0429. The van der Waals surface area contributed by atoms with Crippen LogP contribution in [0.15, 0.2) is 0 Å². The Balaban J connectivity index is 1.91. The van der Waals surface area contributed by atoms with E-state index in [-0.39, 0.29) is 23.7 Å². The number of fused-ring (bicyclic) bond motifs is 3. The van der Waals surface area contributed by atoms with Crippen LogP contribution >= 0.6 is 0 Å². The molecule has 142 valence electrons. The van der Waals surface area contributed by atoms with E-state index in [1.807, 2.05) is 20.8 Å². The first-order chi connectivity index (χ1) is 12.1. The smallest absolute Gasteiger partial charge is 0.410 e. The van der Waals surface area contributed by atoms with Crippen molar-refractivity contribution in [3.63, 3.8) is 0 Å². The van der Waals surface area contributed by atoms with Crippen LogP contribution in [-0.2, 0) is 29.0 Å². The fraction of sp³-hybridized carbons (Fsp3) is 0.667. The summed E-state index contributed by atoms with van der Waals surface area (Å²) in [7, 11) is 1.70. The fourth-order valence-corrected chi connectivity index (χ4v) is 3.40. The van der Waals surface area contributed by atoms with Gasteiger partial charge in [-0.2, -0.15) is 5.10 Å². The standard InChI is InChI=1S/C18H26N4O4/c1-11(23)12-8-20(5)16(24)15-13-10-21(17(25)26-18(2,3)4)7-6-14(13)19-22(15)9-12/h12H,6-10H2,1-5H3. The van der Waals surface area contributed by atoms with Crippen LogP contribution in [0.1, 0.15) is 49.4 Å². The van der Waals surface area contributed by atoms with Gasteiger partial charge in [0.2, 0.25) is 0 Å². The van der Waals surface area contributed by atoms with Crippen molar-refractivity contribution in [3.05, 3.63) is 17.0 Å². The molecule has 26 heavy (non-hydrogen) atoms. The maximum Gasteiger partial charge on any atom is 0.410 e. The highest BCUT2D eigenvalue weighted by molar-refractivity contribution is 5.95. The Labute approximate surface area is 153 Å². The van der Waals surface area contributed by atoms with Crippen LogP contribution in [-0.4, -0.2) is 63.1 Å². The largest absolute Gasteiger partial charge is 0.444 e. The van der Waals surface area contributed by atoms with E-state index in [1.54, 1.807) is 28.5 Å². The van der Waals surface area contributed by atoms with Gasteiger partial charge in [-0.15, -0.1) is 0 Å². The minimum Gasteiger partial charge on any atom is -0.444 e. The highest BCUT2D eigenvalue weighted by Gasteiger charge is 2.36. The number of amides is 2. The number of nitrogens with zero attached hydrogens (tertiary/aromatic N) is 4. The van der Waals surface area contributed by atoms with Gasteiger partial charge in [-0.1, -0.05) is 0 Å². The predicted molar refractivity (Wildman–Crippen MR) is 93.7 cm³/mol. The molecule has 0 spiro atoms. The lowest BCUT2D eigenvalue weighted by atomic mass is 10.0. The molecule has 3 rings (SSSR count). The molecular weight excluding hydrogens is 336 g/mol. The molecule has 0 saturated carbocycles. The van der Waals surface area contributed by atoms with Gasteiger partial charge in [0.05, 0.1) is 24.7 Å². The summed E-state index contributed by atoms with van der Waals surface area (Å²) in [6.45, 7) is 8.58. The first kappa shape index (κ1) is 18.4. The highest BCUT2D eigenvalue weighted by atomic mass is 16.6. The van der Waals surface area contributed by atoms with Crippen molar-refractivity contribution in [2.24, 2.45) is 5.92 Å². The Hall–Kier alpha value is -2.38. The molecule has 1 unspecified atom stereocenters. The molecule has 1 aromatic rings. The second kappa shape index (κ2) is 6.41. The van der Waals surface area contributed by atoms with E-state index < -0.39 is 5.60 Å². The lowest BCUT2D eigenvalue weighted by molar-refractivity contribution is -0.121. The normalized spacial score (nSPS) is 20.3. The van der Waals surface area contributed by atoms with Crippen LogP contribution in [0, 0.1) is 5.92 Å². The first-order valence-electron chi connectivity index (χ1n) is 8.89. The minimum atomic E-state index is -0.571. The molecule has 2 aliphatic rings. The van der Waals surface area contributed by atoms with Crippen LogP contribution in [0.25, 0.3) is 0 Å². The molecule has 3 heterocycles. The maximum atomic E-state index is 12.9. The molecule has 0 aromatic carbocycles. The van der Waals surface area contributed by atoms with Gasteiger partial charge in [0.1, 0.15) is 17.1 Å². The first-order valence-corrected chi connectivity index (χ1v) is 8.89. The van der Waals surface area contributed by atoms with E-state index in [4.69, 9.17) is 4.74 Å². The average Bonchev–Trinajstić information content (AvgIpc) is 2.82. The monoisotopic (exact) mass is 362 g/mol. The van der Waals surface area contributed by atoms with Gasteiger partial charge in [-0.3, -0.25) is 14.3 Å². The zero-order valence-electron chi connectivity index (χ0n) is 16.0. The topological polar surface area (TPSA) is 84.7 Å². The predicted octanol–water partition coefficient (Wildman–Crippen LogP) is 1.47. The Morgan fingerprint density at radius 3 is 2.54 bits per heavy atom. The number of aromatic nitrogens is 2. The lowest BCUT2D eigenvalue weighted by Gasteiger charge is -2.30. The molecule has 0 aliphatic carbocycles. The number of rotatable bonds is 1.